The number of halogens is 1. The van der Waals surface area contributed by atoms with Crippen molar-refractivity contribution in [3.05, 3.63) is 27.7 Å². The number of benzene rings is 1. The van der Waals surface area contributed by atoms with Crippen molar-refractivity contribution < 1.29 is 15.0 Å². The molecular weight excluding hydrogens is 250 g/mol. The van der Waals surface area contributed by atoms with Gasteiger partial charge in [0.25, 0.3) is 0 Å². The maximum Gasteiger partial charge on any atom is 0.336 e. The van der Waals surface area contributed by atoms with Crippen LogP contribution in [-0.2, 0) is 0 Å². The van der Waals surface area contributed by atoms with E-state index in [9.17, 15) is 9.90 Å². The average molecular weight is 260 g/mol. The molecule has 0 fully saturated rings. The summed E-state index contributed by atoms with van der Waals surface area (Å²) in [5.41, 5.74) is 5.85. The fourth-order valence-electron chi connectivity index (χ4n) is 1.23. The Morgan fingerprint density at radius 1 is 1.57 bits per heavy atom. The zero-order valence-corrected chi connectivity index (χ0v) is 9.08. The third-order valence-corrected chi connectivity index (χ3v) is 2.49. The first-order chi connectivity index (χ1) is 6.45. The molecule has 14 heavy (non-hydrogen) atoms. The predicted molar refractivity (Wildman–Crippen MR) is 55.4 cm³/mol. The summed E-state index contributed by atoms with van der Waals surface area (Å²) in [5.74, 6) is -1.21. The Morgan fingerprint density at radius 3 is 2.57 bits per heavy atom. The number of hydrogen-bond donors (Lipinski definition) is 3. The molecule has 0 aliphatic rings. The van der Waals surface area contributed by atoms with Gasteiger partial charge in [-0.15, -0.1) is 0 Å². The third-order valence-electron chi connectivity index (χ3n) is 1.85. The van der Waals surface area contributed by atoms with Crippen molar-refractivity contribution in [2.45, 2.75) is 13.0 Å². The predicted octanol–water partition coefficient (Wildman–Crippen LogP) is 1.87. The van der Waals surface area contributed by atoms with Crippen LogP contribution in [0.5, 0.6) is 5.75 Å². The lowest BCUT2D eigenvalue weighted by atomic mass is 10.0. The molecule has 1 aromatic rings. The number of carbonyl (C=O) groups is 1. The molecule has 4 nitrogen and oxygen atoms in total. The van der Waals surface area contributed by atoms with Gasteiger partial charge < -0.3 is 15.9 Å². The van der Waals surface area contributed by atoms with Crippen molar-refractivity contribution in [2.75, 3.05) is 0 Å². The Hall–Kier alpha value is -1.07. The molecule has 1 atom stereocenters. The number of carboxylic acid groups (broad SMARTS) is 1. The van der Waals surface area contributed by atoms with Gasteiger partial charge in [-0.1, -0.05) is 0 Å². The van der Waals surface area contributed by atoms with Crippen LogP contribution < -0.4 is 5.73 Å². The quantitative estimate of drug-likeness (QED) is 0.757. The molecule has 76 valence electrons. The maximum absolute atomic E-state index is 10.8. The lowest BCUT2D eigenvalue weighted by Gasteiger charge is -2.12. The summed E-state index contributed by atoms with van der Waals surface area (Å²) in [7, 11) is 0. The summed E-state index contributed by atoms with van der Waals surface area (Å²) in [5, 5.41) is 18.5. The number of aromatic carboxylic acids is 1. The van der Waals surface area contributed by atoms with Crippen LogP contribution in [0.2, 0.25) is 0 Å². The largest absolute Gasteiger partial charge is 0.506 e. The van der Waals surface area contributed by atoms with Crippen LogP contribution in [0.1, 0.15) is 28.9 Å². The highest BCUT2D eigenvalue weighted by Gasteiger charge is 2.18. The molecule has 1 rings (SSSR count). The maximum atomic E-state index is 10.8. The number of rotatable bonds is 2. The third kappa shape index (κ3) is 1.88. The molecule has 4 N–H and O–H groups in total. The van der Waals surface area contributed by atoms with E-state index in [1.54, 1.807) is 6.92 Å². The van der Waals surface area contributed by atoms with E-state index in [0.717, 1.165) is 0 Å². The Kier molecular flexibility index (Phi) is 3.13. The van der Waals surface area contributed by atoms with E-state index in [1.165, 1.54) is 12.1 Å². The van der Waals surface area contributed by atoms with Crippen LogP contribution in [0.4, 0.5) is 0 Å². The van der Waals surface area contributed by atoms with Crippen molar-refractivity contribution in [3.8, 4) is 5.75 Å². The molecule has 0 heterocycles. The van der Waals surface area contributed by atoms with E-state index in [4.69, 9.17) is 10.8 Å². The molecule has 0 saturated heterocycles. The minimum Gasteiger partial charge on any atom is -0.506 e. The Morgan fingerprint density at radius 2 is 2.14 bits per heavy atom. The Bertz CT molecular complexity index is 377. The molecule has 0 saturated carbocycles. The second-order valence-electron chi connectivity index (χ2n) is 2.95. The highest BCUT2D eigenvalue weighted by molar-refractivity contribution is 9.10. The fourth-order valence-corrected chi connectivity index (χ4v) is 1.57. The van der Waals surface area contributed by atoms with Crippen LogP contribution in [0.15, 0.2) is 16.6 Å². The second-order valence-corrected chi connectivity index (χ2v) is 3.81. The lowest BCUT2D eigenvalue weighted by molar-refractivity contribution is 0.0694. The molecule has 0 aromatic heterocycles. The van der Waals surface area contributed by atoms with Gasteiger partial charge in [0.2, 0.25) is 0 Å². The summed E-state index contributed by atoms with van der Waals surface area (Å²) in [6, 6.07) is 2.36. The zero-order chi connectivity index (χ0) is 10.9. The molecule has 0 aliphatic carbocycles. The zero-order valence-electron chi connectivity index (χ0n) is 7.49. The first-order valence-electron chi connectivity index (χ1n) is 3.95. The molecule has 0 radical (unpaired) electrons. The first-order valence-corrected chi connectivity index (χ1v) is 4.74. The van der Waals surface area contributed by atoms with Gasteiger partial charge in [0.15, 0.2) is 0 Å². The van der Waals surface area contributed by atoms with Crippen molar-refractivity contribution in [1.29, 1.82) is 0 Å². The number of phenolic OH excluding ortho intramolecular Hbond substituents is 1. The van der Waals surface area contributed by atoms with Crippen LogP contribution in [0, 0.1) is 0 Å². The van der Waals surface area contributed by atoms with E-state index >= 15 is 0 Å². The van der Waals surface area contributed by atoms with Gasteiger partial charge in [0.05, 0.1) is 10.0 Å². The fraction of sp³-hybridized carbons (Fsp3) is 0.222. The van der Waals surface area contributed by atoms with E-state index in [-0.39, 0.29) is 16.9 Å². The van der Waals surface area contributed by atoms with Gasteiger partial charge in [-0.3, -0.25) is 0 Å². The Balaban J connectivity index is 3.45. The summed E-state index contributed by atoms with van der Waals surface area (Å²) in [4.78, 5) is 10.8. The molecule has 1 aromatic carbocycles. The van der Waals surface area contributed by atoms with Gasteiger partial charge in [0, 0.05) is 11.6 Å². The van der Waals surface area contributed by atoms with Crippen LogP contribution in [0.25, 0.3) is 0 Å². The molecule has 0 aliphatic heterocycles. The molecule has 0 bridgehead atoms. The molecule has 0 unspecified atom stereocenters. The Labute approximate surface area is 89.5 Å². The number of hydrogen-bond acceptors (Lipinski definition) is 3. The topological polar surface area (TPSA) is 83.6 Å². The highest BCUT2D eigenvalue weighted by Crippen LogP contribution is 2.33. The number of aromatic hydroxyl groups is 1. The SMILES string of the molecule is C[C@@H](N)c1c(C(=O)O)ccc(Br)c1O. The first kappa shape index (κ1) is 11.0. The molecular formula is C9H10BrNO3. The number of phenols is 1. The normalized spacial score (nSPS) is 12.5. The van der Waals surface area contributed by atoms with Gasteiger partial charge in [-0.2, -0.15) is 0 Å². The number of carboxylic acids is 1. The minimum atomic E-state index is -1.10. The average Bonchev–Trinajstić information content (AvgIpc) is 2.08. The van der Waals surface area contributed by atoms with E-state index in [2.05, 4.69) is 15.9 Å². The standard InChI is InChI=1S/C9H10BrNO3/c1-4(11)7-5(9(13)14)2-3-6(10)8(7)12/h2-4,12H,11H2,1H3,(H,13,14)/t4-/m1/s1. The van der Waals surface area contributed by atoms with E-state index < -0.39 is 12.0 Å². The molecule has 0 amide bonds. The highest BCUT2D eigenvalue weighted by atomic mass is 79.9. The minimum absolute atomic E-state index is 0.0284. The van der Waals surface area contributed by atoms with Crippen LogP contribution in [0.3, 0.4) is 0 Å². The molecule has 0 spiro atoms. The van der Waals surface area contributed by atoms with Crippen molar-refractivity contribution in [3.63, 3.8) is 0 Å². The summed E-state index contributed by atoms with van der Waals surface area (Å²) in [6.45, 7) is 1.62. The lowest BCUT2D eigenvalue weighted by Crippen LogP contribution is -2.12. The van der Waals surface area contributed by atoms with Crippen LogP contribution in [-0.4, -0.2) is 16.2 Å². The van der Waals surface area contributed by atoms with Crippen molar-refractivity contribution in [1.82, 2.24) is 0 Å². The summed E-state index contributed by atoms with van der Waals surface area (Å²) in [6.07, 6.45) is 0. The van der Waals surface area contributed by atoms with Crippen LogP contribution >= 0.6 is 15.9 Å². The van der Waals surface area contributed by atoms with Gasteiger partial charge in [-0.05, 0) is 35.0 Å². The smallest absolute Gasteiger partial charge is 0.336 e. The summed E-state index contributed by atoms with van der Waals surface area (Å²) < 4.78 is 0.440. The van der Waals surface area contributed by atoms with Crippen molar-refractivity contribution >= 4 is 21.9 Å². The van der Waals surface area contributed by atoms with Gasteiger partial charge >= 0.3 is 5.97 Å². The van der Waals surface area contributed by atoms with E-state index in [1.807, 2.05) is 0 Å². The van der Waals surface area contributed by atoms with Crippen molar-refractivity contribution in [2.24, 2.45) is 5.73 Å². The van der Waals surface area contributed by atoms with Gasteiger partial charge in [0.1, 0.15) is 5.75 Å². The monoisotopic (exact) mass is 259 g/mol. The van der Waals surface area contributed by atoms with Gasteiger partial charge in [-0.25, -0.2) is 4.79 Å². The second kappa shape index (κ2) is 3.98. The summed E-state index contributed by atoms with van der Waals surface area (Å²) >= 11 is 3.10. The van der Waals surface area contributed by atoms with E-state index in [0.29, 0.717) is 4.47 Å². The number of nitrogens with two attached hydrogens (primary N) is 1. The molecule has 5 heteroatoms.